The number of amides is 1. The molecule has 0 heterocycles. The van der Waals surface area contributed by atoms with Gasteiger partial charge in [0.25, 0.3) is 5.91 Å². The molecule has 120 valence electrons. The van der Waals surface area contributed by atoms with Crippen LogP contribution in [0.25, 0.3) is 0 Å². The fourth-order valence-electron chi connectivity index (χ4n) is 1.93. The third-order valence-corrected chi connectivity index (χ3v) is 5.17. The molecule has 0 atom stereocenters. The number of carbonyl (C=O) groups excluding carboxylic acids is 1. The first-order chi connectivity index (χ1) is 11.0. The van der Waals surface area contributed by atoms with Crippen LogP contribution in [0.5, 0.6) is 11.5 Å². The normalized spacial score (nSPS) is 10.8. The Labute approximate surface area is 150 Å². The van der Waals surface area contributed by atoms with Crippen molar-refractivity contribution in [2.24, 2.45) is 5.10 Å². The van der Waals surface area contributed by atoms with E-state index < -0.39 is 0 Å². The number of nitrogens with one attached hydrogen (secondary N) is 1. The predicted molar refractivity (Wildman–Crippen MR) is 96.3 cm³/mol. The summed E-state index contributed by atoms with van der Waals surface area (Å²) in [5.74, 6) is -0.0971. The molecule has 0 radical (unpaired) electrons. The summed E-state index contributed by atoms with van der Waals surface area (Å²) in [6.07, 6.45) is 1.35. The average Bonchev–Trinajstić information content (AvgIpc) is 2.54. The van der Waals surface area contributed by atoms with Gasteiger partial charge in [-0.3, -0.25) is 4.79 Å². The average molecular weight is 442 g/mol. The summed E-state index contributed by atoms with van der Waals surface area (Å²) in [5.41, 5.74) is 4.23. The summed E-state index contributed by atoms with van der Waals surface area (Å²) in [7, 11) is 1.45. The number of benzene rings is 2. The fourth-order valence-corrected chi connectivity index (χ4v) is 2.76. The van der Waals surface area contributed by atoms with Gasteiger partial charge in [0, 0.05) is 14.5 Å². The standard InChI is InChI=1S/C16H14Br2N2O3/c1-9-5-3-4-6-10(9)16(22)20-19-8-11-14(18)12(17)7-13(23-2)15(11)21/h3-8,21H,1-2H3,(H,20,22)/b19-8+. The van der Waals surface area contributed by atoms with E-state index in [2.05, 4.69) is 42.4 Å². The number of aryl methyl sites for hydroxylation is 1. The lowest BCUT2D eigenvalue weighted by molar-refractivity contribution is 0.0954. The summed E-state index contributed by atoms with van der Waals surface area (Å²) in [6, 6.07) is 8.84. The highest BCUT2D eigenvalue weighted by Gasteiger charge is 2.14. The summed E-state index contributed by atoms with van der Waals surface area (Å²) in [4.78, 5) is 12.1. The smallest absolute Gasteiger partial charge is 0.271 e. The number of ether oxygens (including phenoxy) is 1. The number of phenols is 1. The lowest BCUT2D eigenvalue weighted by Crippen LogP contribution is -2.18. The number of halogens is 2. The van der Waals surface area contributed by atoms with Crippen molar-refractivity contribution in [1.29, 1.82) is 0 Å². The van der Waals surface area contributed by atoms with Gasteiger partial charge in [0.1, 0.15) is 0 Å². The molecule has 2 aromatic carbocycles. The number of methoxy groups -OCH3 is 1. The zero-order valence-electron chi connectivity index (χ0n) is 12.4. The van der Waals surface area contributed by atoms with Crippen LogP contribution in [-0.2, 0) is 0 Å². The molecule has 0 saturated heterocycles. The minimum atomic E-state index is -0.322. The van der Waals surface area contributed by atoms with E-state index in [-0.39, 0.29) is 11.7 Å². The molecule has 0 fully saturated rings. The highest BCUT2D eigenvalue weighted by Crippen LogP contribution is 2.39. The Morgan fingerprint density at radius 2 is 2.04 bits per heavy atom. The Hall–Kier alpha value is -1.86. The van der Waals surface area contributed by atoms with E-state index in [9.17, 15) is 9.90 Å². The molecule has 0 bridgehead atoms. The highest BCUT2D eigenvalue weighted by atomic mass is 79.9. The third-order valence-electron chi connectivity index (χ3n) is 3.16. The molecule has 2 aromatic rings. The van der Waals surface area contributed by atoms with Gasteiger partial charge < -0.3 is 9.84 Å². The van der Waals surface area contributed by atoms with E-state index in [1.807, 2.05) is 19.1 Å². The number of hydrogen-bond donors (Lipinski definition) is 2. The number of hydrazone groups is 1. The molecule has 0 aliphatic heterocycles. The van der Waals surface area contributed by atoms with Crippen molar-refractivity contribution in [3.8, 4) is 11.5 Å². The predicted octanol–water partition coefficient (Wildman–Crippen LogP) is 4.00. The molecule has 1 amide bonds. The van der Waals surface area contributed by atoms with Crippen LogP contribution in [0.3, 0.4) is 0 Å². The van der Waals surface area contributed by atoms with E-state index in [1.54, 1.807) is 18.2 Å². The Morgan fingerprint density at radius 1 is 1.35 bits per heavy atom. The Morgan fingerprint density at radius 3 is 2.70 bits per heavy atom. The van der Waals surface area contributed by atoms with Crippen molar-refractivity contribution >= 4 is 44.0 Å². The maximum atomic E-state index is 12.1. The molecule has 2 N–H and O–H groups in total. The maximum Gasteiger partial charge on any atom is 0.271 e. The molecule has 0 aromatic heterocycles. The number of hydrogen-bond acceptors (Lipinski definition) is 4. The van der Waals surface area contributed by atoms with E-state index in [1.165, 1.54) is 13.3 Å². The molecule has 0 saturated carbocycles. The van der Waals surface area contributed by atoms with E-state index in [0.29, 0.717) is 25.8 Å². The lowest BCUT2D eigenvalue weighted by Gasteiger charge is -2.09. The second kappa shape index (κ2) is 7.61. The van der Waals surface area contributed by atoms with Crippen LogP contribution in [-0.4, -0.2) is 24.3 Å². The number of aromatic hydroxyl groups is 1. The molecule has 0 aliphatic carbocycles. The van der Waals surface area contributed by atoms with Crippen molar-refractivity contribution in [2.75, 3.05) is 7.11 Å². The van der Waals surface area contributed by atoms with Crippen molar-refractivity contribution < 1.29 is 14.6 Å². The molecule has 0 unspecified atom stereocenters. The maximum absolute atomic E-state index is 12.1. The Bertz CT molecular complexity index is 776. The van der Waals surface area contributed by atoms with Gasteiger partial charge in [-0.15, -0.1) is 0 Å². The highest BCUT2D eigenvalue weighted by molar-refractivity contribution is 9.13. The van der Waals surface area contributed by atoms with Crippen molar-refractivity contribution in [3.63, 3.8) is 0 Å². The van der Waals surface area contributed by atoms with Crippen molar-refractivity contribution in [2.45, 2.75) is 6.92 Å². The largest absolute Gasteiger partial charge is 0.504 e. The second-order valence-corrected chi connectivity index (χ2v) is 6.30. The quantitative estimate of drug-likeness (QED) is 0.556. The van der Waals surface area contributed by atoms with Gasteiger partial charge in [0.15, 0.2) is 11.5 Å². The molecular weight excluding hydrogens is 428 g/mol. The van der Waals surface area contributed by atoms with Gasteiger partial charge in [-0.05, 0) is 56.5 Å². The monoisotopic (exact) mass is 440 g/mol. The fraction of sp³-hybridized carbons (Fsp3) is 0.125. The number of carbonyl (C=O) groups is 1. The summed E-state index contributed by atoms with van der Waals surface area (Å²) in [6.45, 7) is 1.85. The van der Waals surface area contributed by atoms with Crippen LogP contribution in [0.1, 0.15) is 21.5 Å². The molecular formula is C16H14Br2N2O3. The lowest BCUT2D eigenvalue weighted by atomic mass is 10.1. The van der Waals surface area contributed by atoms with Crippen LogP contribution in [0.2, 0.25) is 0 Å². The zero-order valence-corrected chi connectivity index (χ0v) is 15.6. The Balaban J connectivity index is 2.23. The van der Waals surface area contributed by atoms with E-state index in [0.717, 1.165) is 5.56 Å². The van der Waals surface area contributed by atoms with Crippen LogP contribution in [0.15, 0.2) is 44.4 Å². The van der Waals surface area contributed by atoms with Gasteiger partial charge in [0.05, 0.1) is 18.9 Å². The molecule has 0 aliphatic rings. The van der Waals surface area contributed by atoms with Gasteiger partial charge in [-0.25, -0.2) is 5.43 Å². The van der Waals surface area contributed by atoms with Crippen LogP contribution >= 0.6 is 31.9 Å². The zero-order chi connectivity index (χ0) is 17.0. The minimum absolute atomic E-state index is 0.0727. The molecule has 7 heteroatoms. The van der Waals surface area contributed by atoms with Gasteiger partial charge in [-0.2, -0.15) is 5.10 Å². The molecule has 5 nitrogen and oxygen atoms in total. The van der Waals surface area contributed by atoms with Crippen LogP contribution in [0.4, 0.5) is 0 Å². The van der Waals surface area contributed by atoms with Crippen molar-refractivity contribution in [3.05, 3.63) is 56.0 Å². The first-order valence-electron chi connectivity index (χ1n) is 6.59. The second-order valence-electron chi connectivity index (χ2n) is 4.65. The molecule has 23 heavy (non-hydrogen) atoms. The summed E-state index contributed by atoms with van der Waals surface area (Å²) in [5, 5.41) is 14.0. The van der Waals surface area contributed by atoms with Gasteiger partial charge in [-0.1, -0.05) is 18.2 Å². The van der Waals surface area contributed by atoms with Crippen LogP contribution in [0, 0.1) is 6.92 Å². The molecule has 0 spiro atoms. The van der Waals surface area contributed by atoms with Crippen LogP contribution < -0.4 is 10.2 Å². The first kappa shape index (κ1) is 17.5. The minimum Gasteiger partial charge on any atom is -0.504 e. The topological polar surface area (TPSA) is 70.9 Å². The summed E-state index contributed by atoms with van der Waals surface area (Å²) >= 11 is 6.70. The molecule has 2 rings (SSSR count). The first-order valence-corrected chi connectivity index (χ1v) is 8.18. The SMILES string of the molecule is COc1cc(Br)c(Br)c(/C=N/NC(=O)c2ccccc2C)c1O. The number of rotatable bonds is 4. The van der Waals surface area contributed by atoms with E-state index in [4.69, 9.17) is 4.74 Å². The van der Waals surface area contributed by atoms with E-state index >= 15 is 0 Å². The summed E-state index contributed by atoms with van der Waals surface area (Å²) < 4.78 is 6.38. The third kappa shape index (κ3) is 3.92. The van der Waals surface area contributed by atoms with Gasteiger partial charge in [0.2, 0.25) is 0 Å². The van der Waals surface area contributed by atoms with Crippen molar-refractivity contribution in [1.82, 2.24) is 5.43 Å². The number of nitrogens with zero attached hydrogens (tertiary/aromatic N) is 1. The Kier molecular flexibility index (Phi) is 5.79. The van der Waals surface area contributed by atoms with Gasteiger partial charge >= 0.3 is 0 Å². The number of phenolic OH excluding ortho intramolecular Hbond substituents is 1.